The van der Waals surface area contributed by atoms with E-state index in [1.807, 2.05) is 6.92 Å². The van der Waals surface area contributed by atoms with Crippen LogP contribution >= 0.6 is 15.9 Å². The number of hydrogen-bond acceptors (Lipinski definition) is 0. The Morgan fingerprint density at radius 1 is 1.14 bits per heavy atom. The molecule has 14 heavy (non-hydrogen) atoms. The van der Waals surface area contributed by atoms with E-state index in [2.05, 4.69) is 52.4 Å². The average molecular weight is 287 g/mol. The molecule has 0 amide bonds. The van der Waals surface area contributed by atoms with Crippen molar-refractivity contribution in [2.24, 2.45) is 0 Å². The van der Waals surface area contributed by atoms with Gasteiger partial charge in [0.15, 0.2) is 0 Å². The molecule has 0 radical (unpaired) electrons. The van der Waals surface area contributed by atoms with Crippen molar-refractivity contribution in [2.45, 2.75) is 19.8 Å². The summed E-state index contributed by atoms with van der Waals surface area (Å²) in [7, 11) is 0. The van der Waals surface area contributed by atoms with Gasteiger partial charge in [-0.25, -0.2) is 0 Å². The van der Waals surface area contributed by atoms with Crippen molar-refractivity contribution in [1.82, 2.24) is 0 Å². The van der Waals surface area contributed by atoms with Crippen LogP contribution in [0.1, 0.15) is 19.8 Å². The molecule has 2 aliphatic carbocycles. The molecule has 74 valence electrons. The van der Waals surface area contributed by atoms with Gasteiger partial charge in [-0.1, -0.05) is 22.9 Å². The van der Waals surface area contributed by atoms with E-state index < -0.39 is 0 Å². The zero-order chi connectivity index (χ0) is 10.2. The second-order valence-electron chi connectivity index (χ2n) is 3.04. The topological polar surface area (TPSA) is 0 Å². The Bertz CT molecular complexity index is 257. The van der Waals surface area contributed by atoms with Gasteiger partial charge in [0.05, 0.1) is 0 Å². The maximum Gasteiger partial charge on any atom is 0.000281 e. The smallest absolute Gasteiger partial charge is 0.000281 e. The first kappa shape index (κ1) is 12.2. The summed E-state index contributed by atoms with van der Waals surface area (Å²) in [5, 5.41) is 1.06. The largest absolute Gasteiger partial charge is 0.0931 e. The third-order valence-corrected chi connectivity index (χ3v) is 4.02. The van der Waals surface area contributed by atoms with E-state index in [1.54, 1.807) is 7.76 Å². The zero-order valence-electron chi connectivity index (χ0n) is 8.46. The van der Waals surface area contributed by atoms with Crippen LogP contribution in [-0.4, -0.2) is 5.33 Å². The summed E-state index contributed by atoms with van der Waals surface area (Å²) in [5.74, 6) is 0. The molecule has 0 atom stereocenters. The van der Waals surface area contributed by atoms with Crippen molar-refractivity contribution < 1.29 is 19.2 Å². The van der Waals surface area contributed by atoms with Crippen LogP contribution < -0.4 is 0 Å². The van der Waals surface area contributed by atoms with Gasteiger partial charge in [-0.15, -0.1) is 0 Å². The molecule has 2 rings (SSSR count). The van der Waals surface area contributed by atoms with Crippen LogP contribution in [0.2, 0.25) is 0 Å². The van der Waals surface area contributed by atoms with E-state index in [1.165, 1.54) is 12.8 Å². The van der Waals surface area contributed by atoms with Crippen LogP contribution in [0.5, 0.6) is 0 Å². The minimum Gasteiger partial charge on any atom is -0.0931 e. The molecular formula is C12H15BrTi. The first-order valence-electron chi connectivity index (χ1n) is 4.91. The van der Waals surface area contributed by atoms with Gasteiger partial charge in [-0.05, 0) is 0 Å². The molecule has 0 spiro atoms. The normalized spacial score (nSPS) is 17.3. The van der Waals surface area contributed by atoms with Crippen LogP contribution in [-0.2, 0) is 19.2 Å². The van der Waals surface area contributed by atoms with Crippen molar-refractivity contribution in [3.63, 3.8) is 0 Å². The standard InChI is InChI=1S/2C5H5.C2H5Br.Ti/c2*1-2-4-5-3-1;1-2-3;/h2*1-3H,4H2;2H2,1H3;. The van der Waals surface area contributed by atoms with E-state index >= 15 is 0 Å². The molecule has 0 bridgehead atoms. The minimum atomic E-state index is 0.0833. The third-order valence-electron chi connectivity index (χ3n) is 1.86. The first-order chi connectivity index (χ1) is 6.86. The summed E-state index contributed by atoms with van der Waals surface area (Å²) in [6.07, 6.45) is 15.9. The summed E-state index contributed by atoms with van der Waals surface area (Å²) >= 11 is 3.23. The minimum absolute atomic E-state index is 0.0833. The molecule has 0 saturated carbocycles. The SMILES string of the molecule is C1=CC[C]([Ti][C]2=CC=CC2)=C1.CCBr. The number of allylic oxidation sites excluding steroid dienone is 8. The van der Waals surface area contributed by atoms with Crippen LogP contribution in [0.25, 0.3) is 0 Å². The molecule has 0 fully saturated rings. The fraction of sp³-hybridized carbons (Fsp3) is 0.333. The van der Waals surface area contributed by atoms with Gasteiger partial charge in [0.2, 0.25) is 0 Å². The molecule has 0 aromatic carbocycles. The Kier molecular flexibility index (Phi) is 6.50. The number of hydrogen-bond donors (Lipinski definition) is 0. The summed E-state index contributed by atoms with van der Waals surface area (Å²) in [6.45, 7) is 2.04. The monoisotopic (exact) mass is 286 g/mol. The molecule has 0 N–H and O–H groups in total. The van der Waals surface area contributed by atoms with Crippen LogP contribution in [0, 0.1) is 0 Å². The van der Waals surface area contributed by atoms with E-state index in [4.69, 9.17) is 0 Å². The van der Waals surface area contributed by atoms with Crippen molar-refractivity contribution in [3.8, 4) is 0 Å². The summed E-state index contributed by atoms with van der Waals surface area (Å²) in [4.78, 5) is 0. The van der Waals surface area contributed by atoms with E-state index in [0.717, 1.165) is 5.33 Å². The predicted octanol–water partition coefficient (Wildman–Crippen LogP) is 4.16. The van der Waals surface area contributed by atoms with E-state index in [0.29, 0.717) is 0 Å². The average Bonchev–Trinajstić information content (AvgIpc) is 2.79. The van der Waals surface area contributed by atoms with Crippen molar-refractivity contribution in [1.29, 1.82) is 0 Å². The summed E-state index contributed by atoms with van der Waals surface area (Å²) in [6, 6.07) is 0. The Hall–Kier alpha value is 0.154. The second-order valence-corrected chi connectivity index (χ2v) is 6.56. The molecule has 0 saturated heterocycles. The summed E-state index contributed by atoms with van der Waals surface area (Å²) < 4.78 is 3.36. The molecule has 0 aromatic rings. The number of halogens is 1. The van der Waals surface area contributed by atoms with Crippen molar-refractivity contribution in [2.75, 3.05) is 5.33 Å². The predicted molar refractivity (Wildman–Crippen MR) is 63.1 cm³/mol. The van der Waals surface area contributed by atoms with Gasteiger partial charge in [-0.2, -0.15) is 0 Å². The zero-order valence-corrected chi connectivity index (χ0v) is 11.6. The molecule has 0 aliphatic heterocycles. The van der Waals surface area contributed by atoms with Gasteiger partial charge < -0.3 is 0 Å². The van der Waals surface area contributed by atoms with Gasteiger partial charge in [0, 0.05) is 5.33 Å². The van der Waals surface area contributed by atoms with Gasteiger partial charge in [0.25, 0.3) is 0 Å². The molecule has 2 heteroatoms. The molecule has 0 unspecified atom stereocenters. The van der Waals surface area contributed by atoms with Crippen LogP contribution in [0.4, 0.5) is 0 Å². The Morgan fingerprint density at radius 3 is 1.86 bits per heavy atom. The van der Waals surface area contributed by atoms with Crippen molar-refractivity contribution in [3.05, 3.63) is 44.2 Å². The van der Waals surface area contributed by atoms with Gasteiger partial charge in [0.1, 0.15) is 0 Å². The van der Waals surface area contributed by atoms with Gasteiger partial charge in [-0.3, -0.25) is 0 Å². The summed E-state index contributed by atoms with van der Waals surface area (Å²) in [5.41, 5.74) is 0. The maximum absolute atomic E-state index is 3.15. The fourth-order valence-corrected chi connectivity index (χ4v) is 3.18. The van der Waals surface area contributed by atoms with Crippen LogP contribution in [0.3, 0.4) is 0 Å². The van der Waals surface area contributed by atoms with Gasteiger partial charge >= 0.3 is 76.2 Å². The molecule has 0 nitrogen and oxygen atoms in total. The maximum atomic E-state index is 3.15. The molecule has 0 aromatic heterocycles. The third kappa shape index (κ3) is 4.59. The fourth-order valence-electron chi connectivity index (χ4n) is 1.29. The Labute approximate surface area is 104 Å². The van der Waals surface area contributed by atoms with Crippen molar-refractivity contribution >= 4 is 15.9 Å². The quantitative estimate of drug-likeness (QED) is 0.528. The number of rotatable bonds is 2. The Balaban J connectivity index is 0.000000293. The molecule has 0 heterocycles. The Morgan fingerprint density at radius 2 is 1.57 bits per heavy atom. The first-order valence-corrected chi connectivity index (χ1v) is 7.59. The van der Waals surface area contributed by atoms with Crippen LogP contribution in [0.15, 0.2) is 44.2 Å². The van der Waals surface area contributed by atoms with E-state index in [9.17, 15) is 0 Å². The second kappa shape index (κ2) is 7.45. The molecule has 2 aliphatic rings. The molecular weight excluding hydrogens is 272 g/mol. The van der Waals surface area contributed by atoms with E-state index in [-0.39, 0.29) is 19.2 Å². The number of alkyl halides is 1.